The summed E-state index contributed by atoms with van der Waals surface area (Å²) < 4.78 is 0. The molecule has 0 radical (unpaired) electrons. The van der Waals surface area contributed by atoms with E-state index in [0.717, 1.165) is 51.0 Å². The van der Waals surface area contributed by atoms with Crippen molar-refractivity contribution in [3.05, 3.63) is 115 Å². The maximum Gasteiger partial charge on any atom is 0.0139 e. The van der Waals surface area contributed by atoms with Crippen LogP contribution in [0.25, 0.3) is 5.57 Å². The van der Waals surface area contributed by atoms with E-state index in [2.05, 4.69) is 124 Å². The molecule has 270 valence electrons. The summed E-state index contributed by atoms with van der Waals surface area (Å²) in [6.45, 7) is 43.8. The third-order valence-corrected chi connectivity index (χ3v) is 7.73. The Balaban J connectivity index is -0.000000311. The van der Waals surface area contributed by atoms with Crippen LogP contribution in [0.1, 0.15) is 159 Å². The van der Waals surface area contributed by atoms with Crippen molar-refractivity contribution >= 4 is 5.57 Å². The maximum atomic E-state index is 5.46. The Morgan fingerprint density at radius 2 is 1.38 bits per heavy atom. The van der Waals surface area contributed by atoms with Gasteiger partial charge in [0.15, 0.2) is 0 Å². The van der Waals surface area contributed by atoms with E-state index >= 15 is 0 Å². The fourth-order valence-corrected chi connectivity index (χ4v) is 4.45. The summed E-state index contributed by atoms with van der Waals surface area (Å²) >= 11 is 0. The Bertz CT molecular complexity index is 968. The van der Waals surface area contributed by atoms with Crippen molar-refractivity contribution in [1.29, 1.82) is 0 Å². The van der Waals surface area contributed by atoms with E-state index in [1.807, 2.05) is 27.7 Å². The molecule has 0 bridgehead atoms. The van der Waals surface area contributed by atoms with Crippen molar-refractivity contribution in [2.45, 2.75) is 153 Å². The molecule has 0 saturated heterocycles. The third kappa shape index (κ3) is 33.1. The van der Waals surface area contributed by atoms with Gasteiger partial charge in [0.05, 0.1) is 0 Å². The van der Waals surface area contributed by atoms with Crippen LogP contribution in [-0.4, -0.2) is 6.54 Å². The molecule has 0 aliphatic heterocycles. The van der Waals surface area contributed by atoms with Crippen LogP contribution in [-0.2, 0) is 0 Å². The number of hydrogen-bond acceptors (Lipinski definition) is 1. The molecule has 2 unspecified atom stereocenters. The number of unbranched alkanes of at least 4 members (excludes halogenated alkanes) is 3. The molecule has 2 N–H and O–H groups in total. The van der Waals surface area contributed by atoms with Gasteiger partial charge in [-0.3, -0.25) is 0 Å². The number of benzene rings is 1. The van der Waals surface area contributed by atoms with Crippen LogP contribution in [0.15, 0.2) is 109 Å². The second-order valence-corrected chi connectivity index (χ2v) is 12.4. The molecule has 0 saturated carbocycles. The van der Waals surface area contributed by atoms with E-state index in [-0.39, 0.29) is 0 Å². The first-order valence-corrected chi connectivity index (χ1v) is 18.8. The van der Waals surface area contributed by atoms with Gasteiger partial charge < -0.3 is 5.73 Å². The van der Waals surface area contributed by atoms with Crippen LogP contribution in [0.5, 0.6) is 0 Å². The smallest absolute Gasteiger partial charge is 0.0139 e. The van der Waals surface area contributed by atoms with Gasteiger partial charge in [-0.2, -0.15) is 0 Å². The molecule has 2 atom stereocenters. The Morgan fingerprint density at radius 1 is 0.872 bits per heavy atom. The van der Waals surface area contributed by atoms with Crippen LogP contribution >= 0.6 is 0 Å². The molecular weight excluding hydrogens is 567 g/mol. The quantitative estimate of drug-likeness (QED) is 0.149. The lowest BCUT2D eigenvalue weighted by Gasteiger charge is -2.19. The summed E-state index contributed by atoms with van der Waals surface area (Å²) in [5, 5.41) is 0. The maximum absolute atomic E-state index is 5.46. The second kappa shape index (κ2) is 37.8. The minimum Gasteiger partial charge on any atom is -0.327 e. The highest BCUT2D eigenvalue weighted by Gasteiger charge is 2.13. The third-order valence-electron chi connectivity index (χ3n) is 7.73. The highest BCUT2D eigenvalue weighted by atomic mass is 14.5. The second-order valence-electron chi connectivity index (χ2n) is 12.4. The zero-order chi connectivity index (χ0) is 37.0. The first-order valence-electron chi connectivity index (χ1n) is 18.8. The Hall–Kier alpha value is -2.64. The van der Waals surface area contributed by atoms with Crippen molar-refractivity contribution in [1.82, 2.24) is 0 Å². The van der Waals surface area contributed by atoms with E-state index in [1.54, 1.807) is 6.08 Å². The SMILES string of the molecule is C=C(C)CC.C=C(CC)CC(=C)C(/C=C(\C)c1ccccc1)CC(=C)CCC.C=CC.CC.CC1CCC=C1CN.CCCCCC. The lowest BCUT2D eigenvalue weighted by atomic mass is 9.86. The molecule has 0 spiro atoms. The molecule has 0 heterocycles. The van der Waals surface area contributed by atoms with Gasteiger partial charge in [0, 0.05) is 12.5 Å². The standard InChI is InChI=1S/C23H32.C7H13N.C6H14.C5H10.C3H6.C2H6/c1-7-12-19(4)16-23(20(5)15-18(3)8-2)17-21(6)22-13-10-9-11-14-22;1-6-3-2-4-7(6)5-8;1-3-5-6-4-2;1-4-5(2)3;1-3-2;1-2/h9-11,13-14,17,23H,3-5,7-8,12,15-16H2,1-2,6H3;4,6H,2-3,5,8H2,1H3;3-6H2,1-2H3;2,4H2,1,3H3;3H,1H2,2H3;1-2H3/b21-17+;;;;;. The van der Waals surface area contributed by atoms with E-state index in [0.29, 0.717) is 5.92 Å². The zero-order valence-electron chi connectivity index (χ0n) is 33.6. The molecule has 47 heavy (non-hydrogen) atoms. The fraction of sp³-hybridized carbons (Fsp3) is 0.565. The van der Waals surface area contributed by atoms with Crippen LogP contribution in [0, 0.1) is 11.8 Å². The number of allylic oxidation sites excluding steroid dienone is 8. The first kappa shape index (κ1) is 51.2. The molecule has 1 aromatic carbocycles. The molecule has 0 fully saturated rings. The first-order chi connectivity index (χ1) is 22.4. The van der Waals surface area contributed by atoms with E-state index < -0.39 is 0 Å². The molecule has 2 rings (SSSR count). The van der Waals surface area contributed by atoms with Gasteiger partial charge in [-0.1, -0.05) is 184 Å². The van der Waals surface area contributed by atoms with Crippen molar-refractivity contribution < 1.29 is 0 Å². The normalized spacial score (nSPS) is 13.4. The lowest BCUT2D eigenvalue weighted by molar-refractivity contribution is 0.659. The Labute approximate surface area is 297 Å². The molecule has 0 amide bonds. The van der Waals surface area contributed by atoms with Gasteiger partial charge in [-0.05, 0) is 82.8 Å². The minimum atomic E-state index is 0.345. The largest absolute Gasteiger partial charge is 0.327 e. The van der Waals surface area contributed by atoms with Crippen LogP contribution in [0.4, 0.5) is 0 Å². The lowest BCUT2D eigenvalue weighted by Crippen LogP contribution is -2.06. The molecule has 1 aliphatic carbocycles. The molecule has 1 aliphatic rings. The number of rotatable bonds is 15. The fourth-order valence-electron chi connectivity index (χ4n) is 4.45. The highest BCUT2D eigenvalue weighted by Crippen LogP contribution is 2.30. The highest BCUT2D eigenvalue weighted by molar-refractivity contribution is 5.64. The van der Waals surface area contributed by atoms with Gasteiger partial charge >= 0.3 is 0 Å². The molecule has 1 heteroatoms. The van der Waals surface area contributed by atoms with E-state index in [9.17, 15) is 0 Å². The van der Waals surface area contributed by atoms with Crippen LogP contribution in [0.2, 0.25) is 0 Å². The van der Waals surface area contributed by atoms with Crippen LogP contribution < -0.4 is 5.73 Å². The molecule has 0 aromatic heterocycles. The van der Waals surface area contributed by atoms with Crippen molar-refractivity contribution in [3.8, 4) is 0 Å². The summed E-state index contributed by atoms with van der Waals surface area (Å²) in [6.07, 6.45) is 20.8. The van der Waals surface area contributed by atoms with E-state index in [1.165, 1.54) is 77.5 Å². The van der Waals surface area contributed by atoms with Crippen molar-refractivity contribution in [3.63, 3.8) is 0 Å². The summed E-state index contributed by atoms with van der Waals surface area (Å²) in [6, 6.07) is 10.6. The zero-order valence-corrected chi connectivity index (χ0v) is 33.6. The monoisotopic (exact) mass is 648 g/mol. The molecule has 1 aromatic rings. The van der Waals surface area contributed by atoms with E-state index in [4.69, 9.17) is 5.73 Å². The van der Waals surface area contributed by atoms with Gasteiger partial charge in [0.1, 0.15) is 0 Å². The molecule has 1 nitrogen and oxygen atoms in total. The number of hydrogen-bond donors (Lipinski definition) is 1. The van der Waals surface area contributed by atoms with Gasteiger partial charge in [-0.25, -0.2) is 0 Å². The predicted molar refractivity (Wildman–Crippen MR) is 223 cm³/mol. The minimum absolute atomic E-state index is 0.345. The van der Waals surface area contributed by atoms with Crippen LogP contribution in [0.3, 0.4) is 0 Å². The average Bonchev–Trinajstić information content (AvgIpc) is 3.50. The van der Waals surface area contributed by atoms with Gasteiger partial charge in [0.25, 0.3) is 0 Å². The Morgan fingerprint density at radius 3 is 1.72 bits per heavy atom. The topological polar surface area (TPSA) is 26.0 Å². The van der Waals surface area contributed by atoms with Gasteiger partial charge in [0.2, 0.25) is 0 Å². The summed E-state index contributed by atoms with van der Waals surface area (Å²) in [7, 11) is 0. The van der Waals surface area contributed by atoms with Crippen molar-refractivity contribution in [2.75, 3.05) is 6.54 Å². The Kier molecular flexibility index (Phi) is 41.2. The predicted octanol–water partition coefficient (Wildman–Crippen LogP) is 15.4. The van der Waals surface area contributed by atoms with Crippen molar-refractivity contribution in [2.24, 2.45) is 17.6 Å². The molecular formula is C46H81N. The summed E-state index contributed by atoms with van der Waals surface area (Å²) in [5.74, 6) is 1.11. The average molecular weight is 648 g/mol. The van der Waals surface area contributed by atoms with Gasteiger partial charge in [-0.15, -0.1) is 13.2 Å². The number of nitrogens with two attached hydrogens (primary N) is 1. The summed E-state index contributed by atoms with van der Waals surface area (Å²) in [5.41, 5.74) is 14.6. The summed E-state index contributed by atoms with van der Waals surface area (Å²) in [4.78, 5) is 0.